The molecule has 1 heterocycles. The van der Waals surface area contributed by atoms with Crippen LogP contribution in [0, 0.1) is 5.82 Å². The Morgan fingerprint density at radius 3 is 2.33 bits per heavy atom. The molecule has 0 bridgehead atoms. The van der Waals surface area contributed by atoms with E-state index in [1.807, 2.05) is 0 Å². The molecule has 0 fully saturated rings. The molecule has 1 aromatic heterocycles. The summed E-state index contributed by atoms with van der Waals surface area (Å²) in [4.78, 5) is 13.5. The summed E-state index contributed by atoms with van der Waals surface area (Å²) in [5.74, 6) is -1.37. The Morgan fingerprint density at radius 2 is 1.78 bits per heavy atom. The van der Waals surface area contributed by atoms with Crippen LogP contribution in [0.15, 0.2) is 41.2 Å². The SMILES string of the molecule is O=c1cccc(-c2ccc(C(F)(F)F)c(F)c2)[nH]1. The van der Waals surface area contributed by atoms with Gasteiger partial charge in [0.05, 0.1) is 5.56 Å². The quantitative estimate of drug-likeness (QED) is 0.782. The van der Waals surface area contributed by atoms with Gasteiger partial charge in [0.1, 0.15) is 5.82 Å². The van der Waals surface area contributed by atoms with Gasteiger partial charge in [0.15, 0.2) is 0 Å². The number of hydrogen-bond donors (Lipinski definition) is 1. The Labute approximate surface area is 98.9 Å². The van der Waals surface area contributed by atoms with Gasteiger partial charge in [-0.05, 0) is 18.2 Å². The molecule has 18 heavy (non-hydrogen) atoms. The normalized spacial score (nSPS) is 11.6. The Morgan fingerprint density at radius 1 is 1.06 bits per heavy atom. The van der Waals surface area contributed by atoms with Crippen molar-refractivity contribution in [3.05, 3.63) is 58.1 Å². The van der Waals surface area contributed by atoms with Crippen LogP contribution in [0.4, 0.5) is 17.6 Å². The molecule has 0 saturated heterocycles. The summed E-state index contributed by atoms with van der Waals surface area (Å²) >= 11 is 0. The summed E-state index contributed by atoms with van der Waals surface area (Å²) in [6.07, 6.45) is -4.73. The molecule has 94 valence electrons. The summed E-state index contributed by atoms with van der Waals surface area (Å²) in [6.45, 7) is 0. The van der Waals surface area contributed by atoms with E-state index in [1.165, 1.54) is 18.2 Å². The van der Waals surface area contributed by atoms with Crippen molar-refractivity contribution in [3.8, 4) is 11.3 Å². The lowest BCUT2D eigenvalue weighted by Crippen LogP contribution is -2.08. The Hall–Kier alpha value is -2.11. The molecule has 6 heteroatoms. The van der Waals surface area contributed by atoms with Gasteiger partial charge in [-0.2, -0.15) is 13.2 Å². The lowest BCUT2D eigenvalue weighted by molar-refractivity contribution is -0.139. The summed E-state index contributed by atoms with van der Waals surface area (Å²) in [5.41, 5.74) is -1.30. The Kier molecular flexibility index (Phi) is 2.94. The monoisotopic (exact) mass is 257 g/mol. The van der Waals surface area contributed by atoms with Crippen LogP contribution >= 0.6 is 0 Å². The average molecular weight is 257 g/mol. The summed E-state index contributed by atoms with van der Waals surface area (Å²) in [5, 5.41) is 0. The molecule has 2 aromatic rings. The molecule has 0 aliphatic heterocycles. The summed E-state index contributed by atoms with van der Waals surface area (Å²) in [6, 6.07) is 6.67. The molecule has 1 aromatic carbocycles. The van der Waals surface area contributed by atoms with Gasteiger partial charge in [-0.3, -0.25) is 4.79 Å². The highest BCUT2D eigenvalue weighted by atomic mass is 19.4. The largest absolute Gasteiger partial charge is 0.419 e. The maximum Gasteiger partial charge on any atom is 0.419 e. The van der Waals surface area contributed by atoms with E-state index >= 15 is 0 Å². The number of rotatable bonds is 1. The van der Waals surface area contributed by atoms with E-state index < -0.39 is 23.1 Å². The standard InChI is InChI=1S/C12H7F4NO/c13-9-6-7(4-5-8(9)12(14,15)16)10-2-1-3-11(18)17-10/h1-6H,(H,17,18). The summed E-state index contributed by atoms with van der Waals surface area (Å²) in [7, 11) is 0. The smallest absolute Gasteiger partial charge is 0.322 e. The van der Waals surface area contributed by atoms with Crippen LogP contribution in [-0.4, -0.2) is 4.98 Å². The first-order valence-electron chi connectivity index (χ1n) is 4.94. The van der Waals surface area contributed by atoms with Crippen LogP contribution < -0.4 is 5.56 Å². The number of aromatic amines is 1. The van der Waals surface area contributed by atoms with E-state index in [0.29, 0.717) is 6.07 Å². The number of H-pyrrole nitrogens is 1. The zero-order valence-corrected chi connectivity index (χ0v) is 8.88. The van der Waals surface area contributed by atoms with Gasteiger partial charge in [-0.1, -0.05) is 12.1 Å². The maximum absolute atomic E-state index is 13.3. The van der Waals surface area contributed by atoms with Gasteiger partial charge in [-0.15, -0.1) is 0 Å². The zero-order valence-electron chi connectivity index (χ0n) is 8.88. The number of hydrogen-bond acceptors (Lipinski definition) is 1. The summed E-state index contributed by atoms with van der Waals surface area (Å²) < 4.78 is 50.4. The van der Waals surface area contributed by atoms with Gasteiger partial charge in [0.2, 0.25) is 5.56 Å². The number of alkyl halides is 3. The highest BCUT2D eigenvalue weighted by Gasteiger charge is 2.33. The zero-order chi connectivity index (χ0) is 13.3. The molecule has 0 aliphatic rings. The lowest BCUT2D eigenvalue weighted by atomic mass is 10.1. The predicted octanol–water partition coefficient (Wildman–Crippen LogP) is 3.20. The van der Waals surface area contributed by atoms with Gasteiger partial charge >= 0.3 is 6.18 Å². The second kappa shape index (κ2) is 4.29. The number of pyridine rings is 1. The number of nitrogens with one attached hydrogen (secondary N) is 1. The average Bonchev–Trinajstić information content (AvgIpc) is 2.27. The molecule has 0 radical (unpaired) electrons. The predicted molar refractivity (Wildman–Crippen MR) is 57.5 cm³/mol. The van der Waals surface area contributed by atoms with Crippen molar-refractivity contribution in [3.63, 3.8) is 0 Å². The fourth-order valence-electron chi connectivity index (χ4n) is 1.53. The Bertz CT molecular complexity index is 630. The van der Waals surface area contributed by atoms with Crippen molar-refractivity contribution in [2.75, 3.05) is 0 Å². The molecule has 0 aliphatic carbocycles. The van der Waals surface area contributed by atoms with E-state index in [0.717, 1.165) is 12.1 Å². The molecule has 0 unspecified atom stereocenters. The van der Waals surface area contributed by atoms with Crippen LogP contribution in [0.3, 0.4) is 0 Å². The number of benzene rings is 1. The third-order valence-corrected chi connectivity index (χ3v) is 2.35. The van der Waals surface area contributed by atoms with Crippen molar-refractivity contribution in [2.24, 2.45) is 0 Å². The van der Waals surface area contributed by atoms with Gasteiger partial charge < -0.3 is 4.98 Å². The van der Waals surface area contributed by atoms with E-state index in [1.54, 1.807) is 0 Å². The lowest BCUT2D eigenvalue weighted by Gasteiger charge is -2.09. The van der Waals surface area contributed by atoms with Gasteiger partial charge in [-0.25, -0.2) is 4.39 Å². The van der Waals surface area contributed by atoms with E-state index in [4.69, 9.17) is 0 Å². The van der Waals surface area contributed by atoms with Crippen LogP contribution in [0.1, 0.15) is 5.56 Å². The second-order valence-corrected chi connectivity index (χ2v) is 3.62. The number of halogens is 4. The molecule has 0 atom stereocenters. The first kappa shape index (κ1) is 12.3. The molecule has 2 rings (SSSR count). The van der Waals surface area contributed by atoms with Crippen molar-refractivity contribution in [1.29, 1.82) is 0 Å². The molecule has 0 spiro atoms. The van der Waals surface area contributed by atoms with E-state index in [-0.39, 0.29) is 11.3 Å². The van der Waals surface area contributed by atoms with E-state index in [9.17, 15) is 22.4 Å². The molecular weight excluding hydrogens is 250 g/mol. The van der Waals surface area contributed by atoms with Crippen molar-refractivity contribution in [2.45, 2.75) is 6.18 Å². The van der Waals surface area contributed by atoms with Crippen molar-refractivity contribution in [1.82, 2.24) is 4.98 Å². The van der Waals surface area contributed by atoms with Crippen molar-refractivity contribution >= 4 is 0 Å². The minimum absolute atomic E-state index is 0.179. The Balaban J connectivity index is 2.50. The maximum atomic E-state index is 13.3. The van der Waals surface area contributed by atoms with Crippen LogP contribution in [0.25, 0.3) is 11.3 Å². The van der Waals surface area contributed by atoms with Crippen LogP contribution in [-0.2, 0) is 6.18 Å². The van der Waals surface area contributed by atoms with Crippen LogP contribution in [0.2, 0.25) is 0 Å². The third-order valence-electron chi connectivity index (χ3n) is 2.35. The van der Waals surface area contributed by atoms with Crippen LogP contribution in [0.5, 0.6) is 0 Å². The third kappa shape index (κ3) is 2.42. The first-order valence-corrected chi connectivity index (χ1v) is 4.94. The minimum atomic E-state index is -4.73. The van der Waals surface area contributed by atoms with Gasteiger partial charge in [0.25, 0.3) is 0 Å². The van der Waals surface area contributed by atoms with Crippen molar-refractivity contribution < 1.29 is 17.6 Å². The minimum Gasteiger partial charge on any atom is -0.322 e. The highest BCUT2D eigenvalue weighted by Crippen LogP contribution is 2.32. The molecule has 0 amide bonds. The first-order chi connectivity index (χ1) is 8.38. The topological polar surface area (TPSA) is 32.9 Å². The molecule has 2 nitrogen and oxygen atoms in total. The second-order valence-electron chi connectivity index (χ2n) is 3.62. The van der Waals surface area contributed by atoms with E-state index in [2.05, 4.69) is 4.98 Å². The number of aromatic nitrogens is 1. The molecular formula is C12H7F4NO. The fraction of sp³-hybridized carbons (Fsp3) is 0.0833. The van der Waals surface area contributed by atoms with Gasteiger partial charge in [0, 0.05) is 17.3 Å². The highest BCUT2D eigenvalue weighted by molar-refractivity contribution is 5.59. The molecule has 1 N–H and O–H groups in total. The fourth-order valence-corrected chi connectivity index (χ4v) is 1.53. The molecule has 0 saturated carbocycles.